The summed E-state index contributed by atoms with van der Waals surface area (Å²) in [5.41, 5.74) is 5.71. The number of hydrazone groups is 1. The van der Waals surface area contributed by atoms with Gasteiger partial charge in [-0.1, -0.05) is 41.4 Å². The van der Waals surface area contributed by atoms with Crippen molar-refractivity contribution in [2.75, 3.05) is 20.8 Å². The van der Waals surface area contributed by atoms with Crippen molar-refractivity contribution in [3.63, 3.8) is 0 Å². The summed E-state index contributed by atoms with van der Waals surface area (Å²) in [6.07, 6.45) is 1.48. The highest BCUT2D eigenvalue weighted by molar-refractivity contribution is 6.32. The molecule has 3 aromatic rings. The zero-order valence-corrected chi connectivity index (χ0v) is 20.3. The van der Waals surface area contributed by atoms with E-state index in [9.17, 15) is 4.79 Å². The number of hydrogen-bond donors (Lipinski definition) is 1. The van der Waals surface area contributed by atoms with Crippen LogP contribution in [-0.4, -0.2) is 32.9 Å². The van der Waals surface area contributed by atoms with Crippen molar-refractivity contribution in [3.05, 3.63) is 81.9 Å². The highest BCUT2D eigenvalue weighted by Crippen LogP contribution is 2.36. The highest BCUT2D eigenvalue weighted by atomic mass is 35.5. The van der Waals surface area contributed by atoms with Gasteiger partial charge < -0.3 is 18.9 Å². The van der Waals surface area contributed by atoms with Gasteiger partial charge in [0.05, 0.1) is 32.1 Å². The minimum atomic E-state index is -0.393. The Bertz CT molecular complexity index is 1160. The lowest BCUT2D eigenvalue weighted by molar-refractivity contribution is 0.0954. The van der Waals surface area contributed by atoms with Crippen molar-refractivity contribution in [2.45, 2.75) is 20.5 Å². The van der Waals surface area contributed by atoms with E-state index < -0.39 is 5.91 Å². The molecule has 1 amide bonds. The standard InChI is InChI=1S/C26H27ClN2O5/c1-5-33-23-14-20(10-11-22(23)31-3)26(30)29-28-15-19-12-21(27)25(24(13-19)32-4)34-16-18-8-6-17(2)7-9-18/h6-15H,5,16H2,1-4H3,(H,29,30)/b28-15+. The summed E-state index contributed by atoms with van der Waals surface area (Å²) in [7, 11) is 3.08. The lowest BCUT2D eigenvalue weighted by Crippen LogP contribution is -2.17. The number of ether oxygens (including phenoxy) is 4. The van der Waals surface area contributed by atoms with Crippen LogP contribution in [0.4, 0.5) is 0 Å². The summed E-state index contributed by atoms with van der Waals surface area (Å²) in [6, 6.07) is 16.4. The first-order valence-electron chi connectivity index (χ1n) is 10.6. The maximum absolute atomic E-state index is 12.5. The molecule has 8 heteroatoms. The molecule has 0 spiro atoms. The second-order valence-electron chi connectivity index (χ2n) is 7.31. The Kier molecular flexibility index (Phi) is 8.76. The summed E-state index contributed by atoms with van der Waals surface area (Å²) in [5, 5.41) is 4.40. The van der Waals surface area contributed by atoms with E-state index in [0.29, 0.717) is 52.4 Å². The van der Waals surface area contributed by atoms with Gasteiger partial charge in [-0.05, 0) is 55.3 Å². The number of nitrogens with one attached hydrogen (secondary N) is 1. The number of amides is 1. The Hall–Kier alpha value is -3.71. The Morgan fingerprint density at radius 2 is 1.71 bits per heavy atom. The quantitative estimate of drug-likeness (QED) is 0.309. The number of rotatable bonds is 10. The largest absolute Gasteiger partial charge is 0.493 e. The molecule has 7 nitrogen and oxygen atoms in total. The number of benzene rings is 3. The van der Waals surface area contributed by atoms with Gasteiger partial charge in [0.15, 0.2) is 23.0 Å². The van der Waals surface area contributed by atoms with Gasteiger partial charge in [0, 0.05) is 5.56 Å². The molecule has 0 aromatic heterocycles. The van der Waals surface area contributed by atoms with Crippen LogP contribution >= 0.6 is 11.6 Å². The molecule has 34 heavy (non-hydrogen) atoms. The van der Waals surface area contributed by atoms with Crippen LogP contribution in [-0.2, 0) is 6.61 Å². The molecule has 0 aliphatic rings. The van der Waals surface area contributed by atoms with Gasteiger partial charge >= 0.3 is 0 Å². The third-order valence-electron chi connectivity index (χ3n) is 4.86. The SMILES string of the molecule is CCOc1cc(C(=O)N/N=C/c2cc(Cl)c(OCc3ccc(C)cc3)c(OC)c2)ccc1OC. The Labute approximate surface area is 204 Å². The number of hydrogen-bond acceptors (Lipinski definition) is 6. The fraction of sp³-hybridized carbons (Fsp3) is 0.231. The van der Waals surface area contributed by atoms with Crippen LogP contribution in [0.1, 0.15) is 34.0 Å². The van der Waals surface area contributed by atoms with Gasteiger partial charge in [-0.3, -0.25) is 4.79 Å². The molecule has 178 valence electrons. The smallest absolute Gasteiger partial charge is 0.271 e. The van der Waals surface area contributed by atoms with Crippen molar-refractivity contribution in [1.82, 2.24) is 5.43 Å². The summed E-state index contributed by atoms with van der Waals surface area (Å²) in [5.74, 6) is 1.54. The molecule has 0 fully saturated rings. The molecular weight excluding hydrogens is 456 g/mol. The van der Waals surface area contributed by atoms with Crippen LogP contribution in [0.2, 0.25) is 5.02 Å². The first-order chi connectivity index (χ1) is 16.4. The third kappa shape index (κ3) is 6.42. The minimum Gasteiger partial charge on any atom is -0.493 e. The Balaban J connectivity index is 1.68. The summed E-state index contributed by atoms with van der Waals surface area (Å²) in [6.45, 7) is 4.69. The van der Waals surface area contributed by atoms with Crippen molar-refractivity contribution in [1.29, 1.82) is 0 Å². The molecule has 0 saturated carbocycles. The topological polar surface area (TPSA) is 78.4 Å². The summed E-state index contributed by atoms with van der Waals surface area (Å²) < 4.78 is 22.1. The highest BCUT2D eigenvalue weighted by Gasteiger charge is 2.13. The van der Waals surface area contributed by atoms with Crippen LogP contribution in [0.3, 0.4) is 0 Å². The van der Waals surface area contributed by atoms with E-state index in [-0.39, 0.29) is 0 Å². The molecule has 0 atom stereocenters. The molecule has 3 aromatic carbocycles. The lowest BCUT2D eigenvalue weighted by Gasteiger charge is -2.13. The van der Waals surface area contributed by atoms with E-state index in [1.165, 1.54) is 18.9 Å². The molecule has 0 saturated heterocycles. The van der Waals surface area contributed by atoms with E-state index in [4.69, 9.17) is 30.5 Å². The van der Waals surface area contributed by atoms with E-state index in [2.05, 4.69) is 10.5 Å². The van der Waals surface area contributed by atoms with E-state index >= 15 is 0 Å². The molecule has 0 radical (unpaired) electrons. The van der Waals surface area contributed by atoms with E-state index in [0.717, 1.165) is 5.56 Å². The second kappa shape index (κ2) is 12.0. The van der Waals surface area contributed by atoms with Crippen LogP contribution in [0.15, 0.2) is 59.7 Å². The average Bonchev–Trinajstić information content (AvgIpc) is 2.84. The molecule has 0 bridgehead atoms. The van der Waals surface area contributed by atoms with E-state index in [1.54, 1.807) is 37.4 Å². The van der Waals surface area contributed by atoms with Crippen molar-refractivity contribution >= 4 is 23.7 Å². The molecule has 0 aliphatic heterocycles. The Morgan fingerprint density at radius 3 is 2.38 bits per heavy atom. The molecule has 0 unspecified atom stereocenters. The van der Waals surface area contributed by atoms with Crippen molar-refractivity contribution in [3.8, 4) is 23.0 Å². The third-order valence-corrected chi connectivity index (χ3v) is 5.14. The molecular formula is C26H27ClN2O5. The maximum atomic E-state index is 12.5. The van der Waals surface area contributed by atoms with Crippen LogP contribution in [0, 0.1) is 6.92 Å². The van der Waals surface area contributed by atoms with Crippen LogP contribution < -0.4 is 24.4 Å². The predicted octanol–water partition coefficient (Wildman–Crippen LogP) is 5.41. The monoisotopic (exact) mass is 482 g/mol. The second-order valence-corrected chi connectivity index (χ2v) is 7.71. The lowest BCUT2D eigenvalue weighted by atomic mass is 10.1. The van der Waals surface area contributed by atoms with Gasteiger partial charge in [0.1, 0.15) is 6.61 Å². The van der Waals surface area contributed by atoms with Gasteiger partial charge in [-0.15, -0.1) is 0 Å². The van der Waals surface area contributed by atoms with Crippen molar-refractivity contribution in [2.24, 2.45) is 5.10 Å². The summed E-state index contributed by atoms with van der Waals surface area (Å²) in [4.78, 5) is 12.5. The van der Waals surface area contributed by atoms with Crippen molar-refractivity contribution < 1.29 is 23.7 Å². The molecule has 0 aliphatic carbocycles. The number of nitrogens with zero attached hydrogens (tertiary/aromatic N) is 1. The number of halogens is 1. The average molecular weight is 483 g/mol. The minimum absolute atomic E-state index is 0.353. The number of carbonyl (C=O) groups is 1. The molecule has 1 N–H and O–H groups in total. The van der Waals surface area contributed by atoms with Gasteiger partial charge in [-0.25, -0.2) is 5.43 Å². The first-order valence-corrected chi connectivity index (χ1v) is 11.0. The molecule has 3 rings (SSSR count). The fourth-order valence-electron chi connectivity index (χ4n) is 3.11. The Morgan fingerprint density at radius 1 is 0.971 bits per heavy atom. The zero-order valence-electron chi connectivity index (χ0n) is 19.6. The van der Waals surface area contributed by atoms with Gasteiger partial charge in [0.2, 0.25) is 0 Å². The van der Waals surface area contributed by atoms with E-state index in [1.807, 2.05) is 38.1 Å². The number of carbonyl (C=O) groups excluding carboxylic acids is 1. The van der Waals surface area contributed by atoms with Crippen LogP contribution in [0.25, 0.3) is 0 Å². The van der Waals surface area contributed by atoms with Crippen LogP contribution in [0.5, 0.6) is 23.0 Å². The fourth-order valence-corrected chi connectivity index (χ4v) is 3.38. The zero-order chi connectivity index (χ0) is 24.5. The summed E-state index contributed by atoms with van der Waals surface area (Å²) >= 11 is 6.44. The van der Waals surface area contributed by atoms with Gasteiger partial charge in [0.25, 0.3) is 5.91 Å². The first kappa shape index (κ1) is 24.9. The molecule has 0 heterocycles. The van der Waals surface area contributed by atoms with Gasteiger partial charge in [-0.2, -0.15) is 5.10 Å². The normalized spacial score (nSPS) is 10.7. The predicted molar refractivity (Wildman–Crippen MR) is 133 cm³/mol. The maximum Gasteiger partial charge on any atom is 0.271 e. The number of methoxy groups -OCH3 is 2. The number of aryl methyl sites for hydroxylation is 1.